The van der Waals surface area contributed by atoms with E-state index < -0.39 is 6.04 Å². The van der Waals surface area contributed by atoms with Crippen molar-refractivity contribution in [2.45, 2.75) is 45.2 Å². The van der Waals surface area contributed by atoms with Crippen LogP contribution in [0.3, 0.4) is 0 Å². The van der Waals surface area contributed by atoms with Crippen LogP contribution in [0.4, 0.5) is 0 Å². The zero-order valence-electron chi connectivity index (χ0n) is 15.0. The van der Waals surface area contributed by atoms with Gasteiger partial charge in [-0.05, 0) is 32.2 Å². The van der Waals surface area contributed by atoms with Crippen LogP contribution < -0.4 is 5.32 Å². The Balaban J connectivity index is 1.56. The third kappa shape index (κ3) is 4.64. The molecule has 0 radical (unpaired) electrons. The first-order valence-electron chi connectivity index (χ1n) is 8.38. The number of carbonyl (C=O) groups excluding carboxylic acids is 2. The third-order valence-electron chi connectivity index (χ3n) is 3.80. The summed E-state index contributed by atoms with van der Waals surface area (Å²) in [6.45, 7) is 5.79. The molecule has 2 amide bonds. The van der Waals surface area contributed by atoms with Crippen LogP contribution in [-0.2, 0) is 16.0 Å². The first-order chi connectivity index (χ1) is 12.3. The highest BCUT2D eigenvalue weighted by atomic mass is 32.2. The largest absolute Gasteiger partial charge is 0.350 e. The predicted molar refractivity (Wildman–Crippen MR) is 102 cm³/mol. The molecule has 0 bridgehead atoms. The zero-order valence-corrected chi connectivity index (χ0v) is 16.7. The fourth-order valence-electron chi connectivity index (χ4n) is 2.58. The van der Waals surface area contributed by atoms with E-state index in [4.69, 9.17) is 4.52 Å². The fraction of sp³-hybridized carbons (Fsp3) is 0.529. The van der Waals surface area contributed by atoms with Crippen molar-refractivity contribution in [3.8, 4) is 11.4 Å². The molecule has 2 aromatic heterocycles. The number of rotatable bonds is 5. The van der Waals surface area contributed by atoms with E-state index in [2.05, 4.69) is 15.5 Å². The minimum absolute atomic E-state index is 0.0701. The van der Waals surface area contributed by atoms with Crippen molar-refractivity contribution in [1.29, 1.82) is 0 Å². The van der Waals surface area contributed by atoms with Crippen molar-refractivity contribution < 1.29 is 14.1 Å². The van der Waals surface area contributed by atoms with Crippen LogP contribution in [0, 0.1) is 0 Å². The van der Waals surface area contributed by atoms with Crippen molar-refractivity contribution in [3.05, 3.63) is 22.7 Å². The lowest BCUT2D eigenvalue weighted by molar-refractivity contribution is -0.138. The number of amides is 2. The highest BCUT2D eigenvalue weighted by Gasteiger charge is 2.35. The van der Waals surface area contributed by atoms with Crippen LogP contribution in [0.2, 0.25) is 0 Å². The maximum Gasteiger partial charge on any atom is 0.244 e. The van der Waals surface area contributed by atoms with Crippen LogP contribution in [-0.4, -0.2) is 50.1 Å². The quantitative estimate of drug-likeness (QED) is 0.838. The van der Waals surface area contributed by atoms with Crippen molar-refractivity contribution in [3.63, 3.8) is 0 Å². The summed E-state index contributed by atoms with van der Waals surface area (Å²) in [6.07, 6.45) is 0.607. The summed E-state index contributed by atoms with van der Waals surface area (Å²) in [6, 6.07) is 1.50. The van der Waals surface area contributed by atoms with E-state index >= 15 is 0 Å². The second kappa shape index (κ2) is 7.79. The van der Waals surface area contributed by atoms with Gasteiger partial charge in [-0.15, -0.1) is 11.8 Å². The van der Waals surface area contributed by atoms with Crippen LogP contribution in [0.1, 0.15) is 33.1 Å². The number of aryl methyl sites for hydroxylation is 1. The molecule has 26 heavy (non-hydrogen) atoms. The molecule has 140 valence electrons. The maximum absolute atomic E-state index is 12.6. The van der Waals surface area contributed by atoms with Gasteiger partial charge in [-0.25, -0.2) is 0 Å². The molecule has 1 saturated heterocycles. The lowest BCUT2D eigenvalue weighted by Crippen LogP contribution is -2.52. The van der Waals surface area contributed by atoms with E-state index in [-0.39, 0.29) is 23.8 Å². The number of nitrogens with one attached hydrogen (secondary N) is 1. The van der Waals surface area contributed by atoms with E-state index in [0.717, 1.165) is 5.56 Å². The average molecular weight is 395 g/mol. The van der Waals surface area contributed by atoms with Gasteiger partial charge in [0.05, 0.1) is 5.88 Å². The summed E-state index contributed by atoms with van der Waals surface area (Å²) in [5, 5.41) is 10.8. The normalized spacial score (nSPS) is 17.5. The zero-order chi connectivity index (χ0) is 18.7. The van der Waals surface area contributed by atoms with Gasteiger partial charge in [0.25, 0.3) is 0 Å². The number of nitrogens with zero attached hydrogens (tertiary/aromatic N) is 3. The highest BCUT2D eigenvalue weighted by Crippen LogP contribution is 2.23. The Labute approximate surface area is 160 Å². The highest BCUT2D eigenvalue weighted by molar-refractivity contribution is 7.99. The van der Waals surface area contributed by atoms with Gasteiger partial charge in [-0.2, -0.15) is 16.3 Å². The molecule has 3 rings (SSSR count). The molecule has 3 heterocycles. The Morgan fingerprint density at radius 2 is 2.23 bits per heavy atom. The summed E-state index contributed by atoms with van der Waals surface area (Å²) < 4.78 is 5.23. The molecule has 7 nitrogen and oxygen atoms in total. The minimum Gasteiger partial charge on any atom is -0.350 e. The van der Waals surface area contributed by atoms with E-state index in [0.29, 0.717) is 29.8 Å². The molecular formula is C17H22N4O3S2. The Kier molecular flexibility index (Phi) is 5.67. The molecule has 1 aliphatic heterocycles. The molecule has 1 atom stereocenters. The summed E-state index contributed by atoms with van der Waals surface area (Å²) >= 11 is 3.15. The van der Waals surface area contributed by atoms with Gasteiger partial charge >= 0.3 is 0 Å². The first kappa shape index (κ1) is 18.9. The van der Waals surface area contributed by atoms with Crippen molar-refractivity contribution in [1.82, 2.24) is 20.4 Å². The van der Waals surface area contributed by atoms with Crippen molar-refractivity contribution in [2.75, 3.05) is 11.6 Å². The van der Waals surface area contributed by atoms with Gasteiger partial charge in [0.15, 0.2) is 0 Å². The number of thioether (sulfide) groups is 1. The minimum atomic E-state index is -0.421. The van der Waals surface area contributed by atoms with Gasteiger partial charge in [0, 0.05) is 35.1 Å². The molecule has 0 aromatic carbocycles. The Morgan fingerprint density at radius 3 is 2.92 bits per heavy atom. The standard InChI is InChI=1S/C17H22N4O3S2/c1-17(2,3)19-16(23)12-9-26-10-21(12)14(22)5-4-13-18-15(20-24-13)11-6-7-25-8-11/h6-8,12H,4-5,9-10H2,1-3H3,(H,19,23). The van der Waals surface area contributed by atoms with Crippen LogP contribution in [0.15, 0.2) is 21.3 Å². The number of hydrogen-bond acceptors (Lipinski definition) is 7. The lowest BCUT2D eigenvalue weighted by atomic mass is 10.1. The van der Waals surface area contributed by atoms with Crippen molar-refractivity contribution in [2.24, 2.45) is 0 Å². The molecule has 0 spiro atoms. The topological polar surface area (TPSA) is 88.3 Å². The number of aromatic nitrogens is 2. The van der Waals surface area contributed by atoms with Gasteiger partial charge in [-0.3, -0.25) is 9.59 Å². The van der Waals surface area contributed by atoms with E-state index in [1.807, 2.05) is 37.6 Å². The Morgan fingerprint density at radius 1 is 1.42 bits per heavy atom. The maximum atomic E-state index is 12.6. The van der Waals surface area contributed by atoms with E-state index in [1.54, 1.807) is 28.0 Å². The monoisotopic (exact) mass is 394 g/mol. The summed E-state index contributed by atoms with van der Waals surface area (Å²) in [7, 11) is 0. The predicted octanol–water partition coefficient (Wildman–Crippen LogP) is 2.55. The second-order valence-electron chi connectivity index (χ2n) is 7.14. The Bertz CT molecular complexity index is 767. The van der Waals surface area contributed by atoms with Gasteiger partial charge in [0.1, 0.15) is 6.04 Å². The van der Waals surface area contributed by atoms with Gasteiger partial charge in [-0.1, -0.05) is 5.16 Å². The van der Waals surface area contributed by atoms with E-state index in [1.165, 1.54) is 0 Å². The fourth-order valence-corrected chi connectivity index (χ4v) is 4.40. The summed E-state index contributed by atoms with van der Waals surface area (Å²) in [5.74, 6) is 1.95. The van der Waals surface area contributed by atoms with Gasteiger partial charge in [0.2, 0.25) is 23.5 Å². The third-order valence-corrected chi connectivity index (χ3v) is 5.50. The van der Waals surface area contributed by atoms with Crippen LogP contribution in [0.25, 0.3) is 11.4 Å². The smallest absolute Gasteiger partial charge is 0.244 e. The molecule has 9 heteroatoms. The average Bonchev–Trinajstić information content (AvgIpc) is 3.30. The molecule has 1 unspecified atom stereocenters. The lowest BCUT2D eigenvalue weighted by Gasteiger charge is -2.27. The molecule has 1 aliphatic rings. The molecule has 0 saturated carbocycles. The molecule has 0 aliphatic carbocycles. The first-order valence-corrected chi connectivity index (χ1v) is 10.5. The molecule has 1 fully saturated rings. The number of carbonyl (C=O) groups is 2. The second-order valence-corrected chi connectivity index (χ2v) is 8.92. The van der Waals surface area contributed by atoms with Crippen LogP contribution in [0.5, 0.6) is 0 Å². The molecular weight excluding hydrogens is 372 g/mol. The summed E-state index contributed by atoms with van der Waals surface area (Å²) in [5.41, 5.74) is 0.590. The molecule has 1 N–H and O–H groups in total. The molecule has 2 aromatic rings. The number of thiophene rings is 1. The van der Waals surface area contributed by atoms with Gasteiger partial charge < -0.3 is 14.7 Å². The SMILES string of the molecule is CC(C)(C)NC(=O)C1CSCN1C(=O)CCc1nc(-c2ccsc2)no1. The Hall–Kier alpha value is -1.87. The van der Waals surface area contributed by atoms with Crippen LogP contribution >= 0.6 is 23.1 Å². The van der Waals surface area contributed by atoms with Crippen molar-refractivity contribution >= 4 is 34.9 Å². The number of hydrogen-bond donors (Lipinski definition) is 1. The summed E-state index contributed by atoms with van der Waals surface area (Å²) in [4.78, 5) is 31.0. The van der Waals surface area contributed by atoms with E-state index in [9.17, 15) is 9.59 Å².